The van der Waals surface area contributed by atoms with Crippen LogP contribution >= 0.6 is 0 Å². The summed E-state index contributed by atoms with van der Waals surface area (Å²) < 4.78 is 32.4. The molecule has 0 saturated carbocycles. The second-order valence-electron chi connectivity index (χ2n) is 4.55. The van der Waals surface area contributed by atoms with Crippen LogP contribution in [-0.4, -0.2) is 15.0 Å². The van der Waals surface area contributed by atoms with Crippen LogP contribution in [0.4, 0.5) is 11.4 Å². The van der Waals surface area contributed by atoms with Crippen molar-refractivity contribution in [3.05, 3.63) is 48.5 Å². The van der Waals surface area contributed by atoms with Gasteiger partial charge in [-0.3, -0.25) is 4.72 Å². The van der Waals surface area contributed by atoms with E-state index in [0.717, 1.165) is 6.42 Å². The van der Waals surface area contributed by atoms with Crippen molar-refractivity contribution in [2.75, 3.05) is 17.1 Å². The van der Waals surface area contributed by atoms with Crippen LogP contribution in [0.1, 0.15) is 13.3 Å². The first-order chi connectivity index (χ1) is 10.0. The molecule has 6 heteroatoms. The summed E-state index contributed by atoms with van der Waals surface area (Å²) in [6.45, 7) is 2.61. The van der Waals surface area contributed by atoms with Gasteiger partial charge in [0.2, 0.25) is 0 Å². The van der Waals surface area contributed by atoms with E-state index in [0.29, 0.717) is 23.7 Å². The predicted molar refractivity (Wildman–Crippen MR) is 83.9 cm³/mol. The Morgan fingerprint density at radius 2 is 1.86 bits per heavy atom. The average Bonchev–Trinajstić information content (AvgIpc) is 2.45. The highest BCUT2D eigenvalue weighted by atomic mass is 32.2. The van der Waals surface area contributed by atoms with Gasteiger partial charge in [-0.2, -0.15) is 0 Å². The number of nitrogens with two attached hydrogens (primary N) is 1. The maximum atomic E-state index is 12.2. The summed E-state index contributed by atoms with van der Waals surface area (Å²) >= 11 is 0. The second-order valence-corrected chi connectivity index (χ2v) is 6.23. The molecule has 0 radical (unpaired) electrons. The smallest absolute Gasteiger partial charge is 0.261 e. The molecule has 2 aromatic carbocycles. The first kappa shape index (κ1) is 15.2. The van der Waals surface area contributed by atoms with E-state index in [-0.39, 0.29) is 4.90 Å². The molecule has 0 saturated heterocycles. The Morgan fingerprint density at radius 3 is 2.48 bits per heavy atom. The molecule has 5 nitrogen and oxygen atoms in total. The topological polar surface area (TPSA) is 81.4 Å². The number of benzene rings is 2. The zero-order valence-electron chi connectivity index (χ0n) is 11.7. The number of anilines is 2. The second kappa shape index (κ2) is 6.49. The van der Waals surface area contributed by atoms with E-state index in [1.165, 1.54) is 12.1 Å². The standard InChI is InChI=1S/C15H18N2O3S/c1-2-10-20-14-6-8-15(9-7-14)21(18,19)17-13-5-3-4-12(16)11-13/h3-9,11,17H,2,10,16H2,1H3. The van der Waals surface area contributed by atoms with Crippen LogP contribution in [0, 0.1) is 0 Å². The molecule has 2 rings (SSSR count). The van der Waals surface area contributed by atoms with Crippen molar-refractivity contribution in [3.8, 4) is 5.75 Å². The van der Waals surface area contributed by atoms with Crippen molar-refractivity contribution >= 4 is 21.4 Å². The van der Waals surface area contributed by atoms with Crippen molar-refractivity contribution in [2.45, 2.75) is 18.2 Å². The van der Waals surface area contributed by atoms with Gasteiger partial charge in [-0.15, -0.1) is 0 Å². The SMILES string of the molecule is CCCOc1ccc(S(=O)(=O)Nc2cccc(N)c2)cc1. The fraction of sp³-hybridized carbons (Fsp3) is 0.200. The number of hydrogen-bond acceptors (Lipinski definition) is 4. The zero-order chi connectivity index (χ0) is 15.3. The molecular formula is C15H18N2O3S. The van der Waals surface area contributed by atoms with Crippen LogP contribution in [0.2, 0.25) is 0 Å². The highest BCUT2D eigenvalue weighted by Gasteiger charge is 2.14. The Hall–Kier alpha value is -2.21. The molecule has 0 aromatic heterocycles. The molecule has 0 unspecified atom stereocenters. The van der Waals surface area contributed by atoms with E-state index < -0.39 is 10.0 Å². The van der Waals surface area contributed by atoms with Gasteiger partial charge >= 0.3 is 0 Å². The number of nitrogens with one attached hydrogen (secondary N) is 1. The van der Waals surface area contributed by atoms with Gasteiger partial charge in [-0.1, -0.05) is 13.0 Å². The summed E-state index contributed by atoms with van der Waals surface area (Å²) in [6, 6.07) is 12.9. The first-order valence-corrected chi connectivity index (χ1v) is 8.11. The van der Waals surface area contributed by atoms with Crippen molar-refractivity contribution in [3.63, 3.8) is 0 Å². The Balaban J connectivity index is 2.15. The lowest BCUT2D eigenvalue weighted by Crippen LogP contribution is -2.13. The van der Waals surface area contributed by atoms with E-state index in [1.807, 2.05) is 6.92 Å². The molecule has 0 aliphatic carbocycles. The number of nitrogen functional groups attached to an aromatic ring is 1. The molecule has 0 heterocycles. The monoisotopic (exact) mass is 306 g/mol. The largest absolute Gasteiger partial charge is 0.494 e. The van der Waals surface area contributed by atoms with E-state index in [2.05, 4.69) is 4.72 Å². The molecular weight excluding hydrogens is 288 g/mol. The highest BCUT2D eigenvalue weighted by molar-refractivity contribution is 7.92. The third-order valence-corrected chi connectivity index (χ3v) is 4.14. The zero-order valence-corrected chi connectivity index (χ0v) is 12.6. The molecule has 0 aliphatic heterocycles. The summed E-state index contributed by atoms with van der Waals surface area (Å²) in [6.07, 6.45) is 0.900. The van der Waals surface area contributed by atoms with Crippen LogP contribution in [0.15, 0.2) is 53.4 Å². The Morgan fingerprint density at radius 1 is 1.14 bits per heavy atom. The van der Waals surface area contributed by atoms with Gasteiger partial charge in [0.25, 0.3) is 10.0 Å². The van der Waals surface area contributed by atoms with Crippen LogP contribution in [0.25, 0.3) is 0 Å². The molecule has 0 aliphatic rings. The fourth-order valence-electron chi connectivity index (χ4n) is 1.75. The first-order valence-electron chi connectivity index (χ1n) is 6.62. The third kappa shape index (κ3) is 4.13. The quantitative estimate of drug-likeness (QED) is 0.804. The molecule has 0 fully saturated rings. The minimum atomic E-state index is -3.63. The van der Waals surface area contributed by atoms with Crippen molar-refractivity contribution in [1.82, 2.24) is 0 Å². The maximum absolute atomic E-state index is 12.2. The normalized spacial score (nSPS) is 11.1. The molecule has 112 valence electrons. The number of rotatable bonds is 6. The van der Waals surface area contributed by atoms with Crippen molar-refractivity contribution in [2.24, 2.45) is 0 Å². The third-order valence-electron chi connectivity index (χ3n) is 2.75. The summed E-state index contributed by atoms with van der Waals surface area (Å²) in [5.41, 5.74) is 6.56. The molecule has 0 bridgehead atoms. The number of sulfonamides is 1. The van der Waals surface area contributed by atoms with Gasteiger partial charge in [0.15, 0.2) is 0 Å². The van der Waals surface area contributed by atoms with Gasteiger partial charge in [0, 0.05) is 5.69 Å². The minimum Gasteiger partial charge on any atom is -0.494 e. The Bertz CT molecular complexity index is 697. The van der Waals surface area contributed by atoms with Crippen LogP contribution < -0.4 is 15.2 Å². The lowest BCUT2D eigenvalue weighted by molar-refractivity contribution is 0.317. The lowest BCUT2D eigenvalue weighted by atomic mass is 10.3. The van der Waals surface area contributed by atoms with Gasteiger partial charge < -0.3 is 10.5 Å². The number of hydrogen-bond donors (Lipinski definition) is 2. The molecule has 2 aromatic rings. The maximum Gasteiger partial charge on any atom is 0.261 e. The van der Waals surface area contributed by atoms with E-state index in [4.69, 9.17) is 10.5 Å². The molecule has 0 spiro atoms. The van der Waals surface area contributed by atoms with E-state index >= 15 is 0 Å². The summed E-state index contributed by atoms with van der Waals surface area (Å²) in [7, 11) is -3.63. The predicted octanol–water partition coefficient (Wildman–Crippen LogP) is 2.86. The lowest BCUT2D eigenvalue weighted by Gasteiger charge is -2.09. The highest BCUT2D eigenvalue weighted by Crippen LogP contribution is 2.20. The van der Waals surface area contributed by atoms with E-state index in [1.54, 1.807) is 36.4 Å². The van der Waals surface area contributed by atoms with Crippen LogP contribution in [-0.2, 0) is 10.0 Å². The van der Waals surface area contributed by atoms with E-state index in [9.17, 15) is 8.42 Å². The van der Waals surface area contributed by atoms with Gasteiger partial charge in [0.05, 0.1) is 17.2 Å². The fourth-order valence-corrected chi connectivity index (χ4v) is 2.80. The van der Waals surface area contributed by atoms with Gasteiger partial charge in [-0.25, -0.2) is 8.42 Å². The van der Waals surface area contributed by atoms with Crippen molar-refractivity contribution in [1.29, 1.82) is 0 Å². The summed E-state index contributed by atoms with van der Waals surface area (Å²) in [5.74, 6) is 0.653. The molecule has 0 atom stereocenters. The average molecular weight is 306 g/mol. The van der Waals surface area contributed by atoms with Crippen molar-refractivity contribution < 1.29 is 13.2 Å². The summed E-state index contributed by atoms with van der Waals surface area (Å²) in [5, 5.41) is 0. The molecule has 3 N–H and O–H groups in total. The molecule has 0 amide bonds. The summed E-state index contributed by atoms with van der Waals surface area (Å²) in [4.78, 5) is 0.175. The van der Waals surface area contributed by atoms with Crippen LogP contribution in [0.5, 0.6) is 5.75 Å². The minimum absolute atomic E-state index is 0.175. The van der Waals surface area contributed by atoms with Gasteiger partial charge in [-0.05, 0) is 48.9 Å². The van der Waals surface area contributed by atoms with Crippen LogP contribution in [0.3, 0.4) is 0 Å². The number of ether oxygens (including phenoxy) is 1. The Labute approximate surface area is 124 Å². The Kier molecular flexibility index (Phi) is 4.70. The molecule has 21 heavy (non-hydrogen) atoms. The van der Waals surface area contributed by atoms with Gasteiger partial charge in [0.1, 0.15) is 5.75 Å².